The molecular formula is C43H83N7O16S4. The van der Waals surface area contributed by atoms with E-state index in [1.807, 2.05) is 0 Å². The van der Waals surface area contributed by atoms with Crippen LogP contribution in [0, 0.1) is 11.8 Å². The van der Waals surface area contributed by atoms with Gasteiger partial charge in [0.15, 0.2) is 18.9 Å². The van der Waals surface area contributed by atoms with Gasteiger partial charge in [0.2, 0.25) is 0 Å². The lowest BCUT2D eigenvalue weighted by Gasteiger charge is -2.53. The molecule has 27 heteroatoms. The number of hydrogen-bond acceptors (Lipinski definition) is 27. The molecule has 3 aliphatic heterocycles. The van der Waals surface area contributed by atoms with Crippen molar-refractivity contribution in [1.82, 2.24) is 0 Å². The van der Waals surface area contributed by atoms with E-state index < -0.39 is 128 Å². The molecule has 0 aromatic rings. The molecule has 2 saturated carbocycles. The Morgan fingerprint density at radius 2 is 1.31 bits per heavy atom. The summed E-state index contributed by atoms with van der Waals surface area (Å²) in [7, 11) is 3.41. The number of fused-ring (bicyclic) bond motifs is 2. The van der Waals surface area contributed by atoms with E-state index >= 15 is 0 Å². The molecular weight excluding hydrogens is 999 g/mol. The molecule has 0 amide bonds. The fraction of sp³-hybridized carbons (Fsp3) is 0.977. The number of aliphatic hydroxyl groups excluding tert-OH is 7. The number of rotatable bonds is 30. The van der Waals surface area contributed by atoms with Gasteiger partial charge < -0.3 is 114 Å². The molecule has 3 heterocycles. The zero-order chi connectivity index (χ0) is 50.9. The molecule has 70 heavy (non-hydrogen) atoms. The van der Waals surface area contributed by atoms with Crippen LogP contribution < -0.4 is 40.1 Å². The first-order valence-corrected chi connectivity index (χ1v) is 29.3. The number of thioether (sulfide) groups is 2. The highest BCUT2D eigenvalue weighted by molar-refractivity contribution is 8.76. The molecule has 2 aliphatic carbocycles. The highest BCUT2D eigenvalue weighted by atomic mass is 33.1. The van der Waals surface area contributed by atoms with Gasteiger partial charge in [-0.1, -0.05) is 21.6 Å². The monoisotopic (exact) mass is 1080 g/mol. The number of esters is 1. The van der Waals surface area contributed by atoms with Gasteiger partial charge in [-0.15, -0.1) is 0 Å². The van der Waals surface area contributed by atoms with E-state index in [2.05, 4.69) is 0 Å². The Kier molecular flexibility index (Phi) is 27.2. The van der Waals surface area contributed by atoms with E-state index in [-0.39, 0.29) is 50.6 Å². The lowest BCUT2D eigenvalue weighted by Crippen LogP contribution is -2.67. The smallest absolute Gasteiger partial charge is 0.308 e. The standard InChI is InChI=1S/C43H83N7O16S4/c44-3-1-22(51)15-32(54)63-39-25(46)14-21-13-24-34(50)35(56)31(62-42(24)65-38(21)36(39)57)20-68-10-5-60-7-12-70-69-11-6-59-4-9-67-8-2-23(52)16-33(55)64-40-26(47)17-27(48)41(37(40)58)66-43-28(49)18-29(53)30(19-45)61-43/h21-32,34-43,51-54,56-58H,1-20,44-50H2. The highest BCUT2D eigenvalue weighted by Crippen LogP contribution is 2.44. The highest BCUT2D eigenvalue weighted by Gasteiger charge is 2.55. The number of aliphatic hydroxyl groups is 7. The second-order valence-corrected chi connectivity index (χ2v) is 23.9. The lowest BCUT2D eigenvalue weighted by molar-refractivity contribution is -0.323. The minimum atomic E-state index is -1.37. The normalized spacial score (nSPS) is 39.1. The molecule has 5 fully saturated rings. The van der Waals surface area contributed by atoms with Crippen LogP contribution in [0.3, 0.4) is 0 Å². The summed E-state index contributed by atoms with van der Waals surface area (Å²) < 4.78 is 46.9. The molecule has 22 atom stereocenters. The van der Waals surface area contributed by atoms with Crippen molar-refractivity contribution in [3.05, 3.63) is 0 Å². The topological polar surface area (TPSA) is 415 Å². The Hall–Kier alpha value is 0.0300. The van der Waals surface area contributed by atoms with Gasteiger partial charge in [0.05, 0.1) is 81.6 Å². The van der Waals surface area contributed by atoms with Crippen molar-refractivity contribution >= 4 is 51.1 Å². The van der Waals surface area contributed by atoms with Crippen molar-refractivity contribution in [2.45, 2.75) is 174 Å². The number of carbonyl (C=O) groups is 1. The van der Waals surface area contributed by atoms with Gasteiger partial charge in [0.1, 0.15) is 30.5 Å². The first kappa shape index (κ1) is 60.9. The van der Waals surface area contributed by atoms with E-state index in [0.29, 0.717) is 69.4 Å². The van der Waals surface area contributed by atoms with Gasteiger partial charge in [-0.25, -0.2) is 0 Å². The Labute approximate surface area is 427 Å². The van der Waals surface area contributed by atoms with Gasteiger partial charge in [-0.3, -0.25) is 4.79 Å². The molecule has 0 aromatic carbocycles. The molecule has 3 saturated heterocycles. The fourth-order valence-electron chi connectivity index (χ4n) is 9.58. The summed E-state index contributed by atoms with van der Waals surface area (Å²) in [6.07, 6.45) is -12.3. The van der Waals surface area contributed by atoms with Crippen LogP contribution >= 0.6 is 45.1 Å². The van der Waals surface area contributed by atoms with Crippen molar-refractivity contribution in [2.75, 3.05) is 74.0 Å². The SMILES string of the molecule is NCCC(O)CC(O)OC1C(N)CC2CC3C(OC(CSCCOCCSSCCOCCSCCC(O)CC(=O)OC4C(N)CC(N)C(OC5OC(CN)C(O)CC5N)C4O)C(O)C3N)OC2C1O. The predicted octanol–water partition coefficient (Wildman–Crippen LogP) is -4.18. The summed E-state index contributed by atoms with van der Waals surface area (Å²) >= 11 is 3.19. The first-order valence-electron chi connectivity index (χ1n) is 24.5. The lowest BCUT2D eigenvalue weighted by atomic mass is 9.71. The van der Waals surface area contributed by atoms with E-state index in [1.54, 1.807) is 45.1 Å². The fourth-order valence-corrected chi connectivity index (χ4v) is 13.1. The summed E-state index contributed by atoms with van der Waals surface area (Å²) in [5.74, 6) is 3.02. The molecule has 21 N–H and O–H groups in total. The molecule has 5 aliphatic rings. The molecule has 410 valence electrons. The van der Waals surface area contributed by atoms with Gasteiger partial charge in [0, 0.05) is 71.8 Å². The quantitative estimate of drug-likeness (QED) is 0.0140. The van der Waals surface area contributed by atoms with Crippen molar-refractivity contribution in [2.24, 2.45) is 52.0 Å². The van der Waals surface area contributed by atoms with Crippen molar-refractivity contribution in [3.8, 4) is 0 Å². The average molecular weight is 1080 g/mol. The molecule has 5 rings (SSSR count). The maximum absolute atomic E-state index is 12.7. The van der Waals surface area contributed by atoms with Crippen LogP contribution in [0.15, 0.2) is 0 Å². The molecule has 0 bridgehead atoms. The largest absolute Gasteiger partial charge is 0.458 e. The van der Waals surface area contributed by atoms with Gasteiger partial charge in [-0.2, -0.15) is 23.5 Å². The molecule has 0 spiro atoms. The number of nitrogens with two attached hydrogens (primary N) is 7. The molecule has 22 unspecified atom stereocenters. The molecule has 0 radical (unpaired) electrons. The Morgan fingerprint density at radius 1 is 0.657 bits per heavy atom. The maximum Gasteiger partial charge on any atom is 0.308 e. The third-order valence-electron chi connectivity index (χ3n) is 13.4. The van der Waals surface area contributed by atoms with Crippen LogP contribution in [0.5, 0.6) is 0 Å². The second kappa shape index (κ2) is 31.3. The van der Waals surface area contributed by atoms with Gasteiger partial charge in [-0.05, 0) is 56.7 Å². The second-order valence-electron chi connectivity index (χ2n) is 18.8. The number of carbonyl (C=O) groups excluding carboxylic acids is 1. The van der Waals surface area contributed by atoms with Crippen LogP contribution in [-0.4, -0.2) is 238 Å². The van der Waals surface area contributed by atoms with Crippen molar-refractivity contribution in [1.29, 1.82) is 0 Å². The third kappa shape index (κ3) is 18.4. The Morgan fingerprint density at radius 3 is 2.00 bits per heavy atom. The predicted molar refractivity (Wildman–Crippen MR) is 267 cm³/mol. The van der Waals surface area contributed by atoms with E-state index in [0.717, 1.165) is 17.3 Å². The zero-order valence-corrected chi connectivity index (χ0v) is 43.1. The minimum absolute atomic E-state index is 0.0485. The first-order chi connectivity index (χ1) is 33.5. The Bertz CT molecular complexity index is 1490. The van der Waals surface area contributed by atoms with E-state index in [4.69, 9.17) is 78.0 Å². The average Bonchev–Trinajstić information content (AvgIpc) is 3.30. The summed E-state index contributed by atoms with van der Waals surface area (Å²) in [5, 5.41) is 74.4. The molecule has 0 aromatic heterocycles. The number of ether oxygens (including phenoxy) is 8. The molecule has 23 nitrogen and oxygen atoms in total. The zero-order valence-electron chi connectivity index (χ0n) is 39.8. The van der Waals surface area contributed by atoms with E-state index in [9.17, 15) is 40.5 Å². The summed E-state index contributed by atoms with van der Waals surface area (Å²) in [6.45, 7) is 2.58. The van der Waals surface area contributed by atoms with Crippen molar-refractivity contribution in [3.63, 3.8) is 0 Å². The summed E-state index contributed by atoms with van der Waals surface area (Å²) in [4.78, 5) is 12.7. The summed E-state index contributed by atoms with van der Waals surface area (Å²) in [5.41, 5.74) is 42.6. The maximum atomic E-state index is 12.7. The van der Waals surface area contributed by atoms with Gasteiger partial charge >= 0.3 is 5.97 Å². The van der Waals surface area contributed by atoms with Crippen molar-refractivity contribution < 1.29 is 78.4 Å². The van der Waals surface area contributed by atoms with Crippen LogP contribution in [0.4, 0.5) is 0 Å². The van der Waals surface area contributed by atoms with Gasteiger partial charge in [0.25, 0.3) is 0 Å². The van der Waals surface area contributed by atoms with Crippen LogP contribution in [0.25, 0.3) is 0 Å². The minimum Gasteiger partial charge on any atom is -0.458 e. The number of hydrogen-bond donors (Lipinski definition) is 14. The van der Waals surface area contributed by atoms with Crippen LogP contribution in [-0.2, 0) is 42.7 Å². The van der Waals surface area contributed by atoms with Crippen LogP contribution in [0.2, 0.25) is 0 Å². The summed E-state index contributed by atoms with van der Waals surface area (Å²) in [6, 6.07) is -3.30. The third-order valence-corrected chi connectivity index (χ3v) is 17.7. The van der Waals surface area contributed by atoms with Crippen LogP contribution in [0.1, 0.15) is 51.4 Å². The van der Waals surface area contributed by atoms with E-state index in [1.165, 1.54) is 0 Å². The Balaban J connectivity index is 0.838.